The second-order valence-corrected chi connectivity index (χ2v) is 6.83. The Labute approximate surface area is 168 Å². The molecule has 0 atom stereocenters. The summed E-state index contributed by atoms with van der Waals surface area (Å²) in [6, 6.07) is 18.3. The van der Waals surface area contributed by atoms with E-state index in [2.05, 4.69) is 14.9 Å². The molecule has 0 unspecified atom stereocenters. The molecule has 1 fully saturated rings. The molecule has 2 N–H and O–H groups in total. The maximum Gasteiger partial charge on any atom is 0.253 e. The van der Waals surface area contributed by atoms with E-state index in [1.165, 1.54) is 0 Å². The van der Waals surface area contributed by atoms with Crippen LogP contribution in [0, 0.1) is 0 Å². The minimum absolute atomic E-state index is 0.0968. The van der Waals surface area contributed by atoms with Crippen molar-refractivity contribution < 1.29 is 9.59 Å². The molecule has 1 aromatic heterocycles. The highest BCUT2D eigenvalue weighted by molar-refractivity contribution is 5.99. The molecule has 29 heavy (non-hydrogen) atoms. The number of hydrogen-bond donors (Lipinski definition) is 1. The Morgan fingerprint density at radius 3 is 2.31 bits per heavy atom. The highest BCUT2D eigenvalue weighted by atomic mass is 16.2. The average Bonchev–Trinajstić information content (AvgIpc) is 2.79. The van der Waals surface area contributed by atoms with Gasteiger partial charge >= 0.3 is 0 Å². The number of nitrogens with two attached hydrogens (primary N) is 1. The largest absolute Gasteiger partial charge is 0.366 e. The van der Waals surface area contributed by atoms with E-state index in [0.29, 0.717) is 43.1 Å². The Kier molecular flexibility index (Phi) is 5.20. The molecule has 0 bridgehead atoms. The van der Waals surface area contributed by atoms with Crippen molar-refractivity contribution >= 4 is 17.6 Å². The summed E-state index contributed by atoms with van der Waals surface area (Å²) in [6.07, 6.45) is 1.76. The van der Waals surface area contributed by atoms with Crippen LogP contribution in [0.3, 0.4) is 0 Å². The van der Waals surface area contributed by atoms with Gasteiger partial charge in [0.25, 0.3) is 5.91 Å². The molecule has 0 spiro atoms. The van der Waals surface area contributed by atoms with Gasteiger partial charge in [-0.3, -0.25) is 9.59 Å². The van der Waals surface area contributed by atoms with E-state index in [1.807, 2.05) is 36.4 Å². The van der Waals surface area contributed by atoms with Crippen LogP contribution in [0.4, 0.5) is 5.82 Å². The average molecular weight is 387 g/mol. The molecule has 1 saturated heterocycles. The number of carbonyl (C=O) groups is 2. The molecule has 1 aliphatic rings. The number of amides is 2. The third-order valence-electron chi connectivity index (χ3n) is 4.96. The number of anilines is 1. The first kappa shape index (κ1) is 18.6. The van der Waals surface area contributed by atoms with Crippen LogP contribution in [0.25, 0.3) is 11.4 Å². The fraction of sp³-hybridized carbons (Fsp3) is 0.182. The van der Waals surface area contributed by atoms with E-state index in [0.717, 1.165) is 11.4 Å². The molecule has 0 saturated carbocycles. The summed E-state index contributed by atoms with van der Waals surface area (Å²) in [7, 11) is 0. The number of primary amides is 1. The van der Waals surface area contributed by atoms with Gasteiger partial charge in [0.1, 0.15) is 5.82 Å². The molecule has 146 valence electrons. The van der Waals surface area contributed by atoms with Gasteiger partial charge in [0, 0.05) is 49.1 Å². The molecule has 7 heteroatoms. The SMILES string of the molecule is NC(=O)c1cccc(C(=O)N2CCN(c3ccnc(-c4ccccc4)n3)CC2)c1. The van der Waals surface area contributed by atoms with Gasteiger partial charge in [-0.15, -0.1) is 0 Å². The first-order valence-electron chi connectivity index (χ1n) is 9.44. The van der Waals surface area contributed by atoms with Crippen LogP contribution in [0.1, 0.15) is 20.7 Å². The first-order chi connectivity index (χ1) is 14.1. The van der Waals surface area contributed by atoms with Gasteiger partial charge in [0.2, 0.25) is 5.91 Å². The van der Waals surface area contributed by atoms with E-state index in [-0.39, 0.29) is 5.91 Å². The maximum atomic E-state index is 12.8. The van der Waals surface area contributed by atoms with Crippen molar-refractivity contribution in [3.05, 3.63) is 78.0 Å². The third kappa shape index (κ3) is 4.08. The summed E-state index contributed by atoms with van der Waals surface area (Å²) in [5.41, 5.74) is 7.10. The summed E-state index contributed by atoms with van der Waals surface area (Å²) < 4.78 is 0. The number of aromatic nitrogens is 2. The van der Waals surface area contributed by atoms with Crippen LogP contribution in [0.15, 0.2) is 66.9 Å². The van der Waals surface area contributed by atoms with Gasteiger partial charge in [-0.05, 0) is 24.3 Å². The number of hydrogen-bond acceptors (Lipinski definition) is 5. The van der Waals surface area contributed by atoms with E-state index in [9.17, 15) is 9.59 Å². The summed E-state index contributed by atoms with van der Waals surface area (Å²) in [5, 5.41) is 0. The summed E-state index contributed by atoms with van der Waals surface area (Å²) in [6.45, 7) is 2.49. The molecule has 2 amide bonds. The zero-order chi connectivity index (χ0) is 20.2. The molecule has 2 aromatic carbocycles. The van der Waals surface area contributed by atoms with Crippen molar-refractivity contribution in [1.29, 1.82) is 0 Å². The number of benzene rings is 2. The smallest absolute Gasteiger partial charge is 0.253 e. The fourth-order valence-electron chi connectivity index (χ4n) is 3.38. The van der Waals surface area contributed by atoms with Crippen molar-refractivity contribution in [3.63, 3.8) is 0 Å². The third-order valence-corrected chi connectivity index (χ3v) is 4.96. The highest BCUT2D eigenvalue weighted by Crippen LogP contribution is 2.20. The van der Waals surface area contributed by atoms with Crippen LogP contribution in [0.2, 0.25) is 0 Å². The van der Waals surface area contributed by atoms with Crippen molar-refractivity contribution in [3.8, 4) is 11.4 Å². The Bertz CT molecular complexity index is 1030. The quantitative estimate of drug-likeness (QED) is 0.741. The summed E-state index contributed by atoms with van der Waals surface area (Å²) in [5.74, 6) is 0.898. The lowest BCUT2D eigenvalue weighted by atomic mass is 10.1. The zero-order valence-electron chi connectivity index (χ0n) is 15.9. The maximum absolute atomic E-state index is 12.8. The predicted octanol–water partition coefficient (Wildman–Crippen LogP) is 2.20. The van der Waals surface area contributed by atoms with Crippen LogP contribution in [0.5, 0.6) is 0 Å². The Morgan fingerprint density at radius 1 is 0.862 bits per heavy atom. The molecule has 1 aliphatic heterocycles. The number of carbonyl (C=O) groups excluding carboxylic acids is 2. The van der Waals surface area contributed by atoms with E-state index in [1.54, 1.807) is 35.4 Å². The fourth-order valence-corrected chi connectivity index (χ4v) is 3.38. The van der Waals surface area contributed by atoms with Gasteiger partial charge in [-0.25, -0.2) is 9.97 Å². The second kappa shape index (κ2) is 8.10. The lowest BCUT2D eigenvalue weighted by Crippen LogP contribution is -2.49. The number of rotatable bonds is 4. The number of piperazine rings is 1. The molecule has 7 nitrogen and oxygen atoms in total. The molecule has 2 heterocycles. The van der Waals surface area contributed by atoms with Crippen molar-refractivity contribution in [1.82, 2.24) is 14.9 Å². The van der Waals surface area contributed by atoms with E-state index in [4.69, 9.17) is 5.73 Å². The zero-order valence-corrected chi connectivity index (χ0v) is 15.9. The molecular weight excluding hydrogens is 366 g/mol. The normalized spacial score (nSPS) is 13.9. The second-order valence-electron chi connectivity index (χ2n) is 6.83. The monoisotopic (exact) mass is 387 g/mol. The minimum atomic E-state index is -0.539. The molecule has 0 aliphatic carbocycles. The lowest BCUT2D eigenvalue weighted by molar-refractivity contribution is 0.0746. The number of nitrogens with zero attached hydrogens (tertiary/aromatic N) is 4. The van der Waals surface area contributed by atoms with Crippen LogP contribution in [-0.2, 0) is 0 Å². The molecule has 0 radical (unpaired) electrons. The van der Waals surface area contributed by atoms with Crippen molar-refractivity contribution in [2.75, 3.05) is 31.1 Å². The molecule has 3 aromatic rings. The van der Waals surface area contributed by atoms with E-state index >= 15 is 0 Å². The highest BCUT2D eigenvalue weighted by Gasteiger charge is 2.23. The predicted molar refractivity (Wildman–Crippen MR) is 111 cm³/mol. The molecule has 4 rings (SSSR count). The van der Waals surface area contributed by atoms with Gasteiger partial charge in [0.05, 0.1) is 0 Å². The lowest BCUT2D eigenvalue weighted by Gasteiger charge is -2.35. The van der Waals surface area contributed by atoms with Crippen molar-refractivity contribution in [2.45, 2.75) is 0 Å². The topological polar surface area (TPSA) is 92.4 Å². The van der Waals surface area contributed by atoms with Gasteiger partial charge < -0.3 is 15.5 Å². The minimum Gasteiger partial charge on any atom is -0.366 e. The van der Waals surface area contributed by atoms with Crippen molar-refractivity contribution in [2.24, 2.45) is 5.73 Å². The summed E-state index contributed by atoms with van der Waals surface area (Å²) >= 11 is 0. The first-order valence-corrected chi connectivity index (χ1v) is 9.44. The summed E-state index contributed by atoms with van der Waals surface area (Å²) in [4.78, 5) is 37.1. The Balaban J connectivity index is 1.44. The Hall–Kier alpha value is -3.74. The van der Waals surface area contributed by atoms with Gasteiger partial charge in [-0.2, -0.15) is 0 Å². The van der Waals surface area contributed by atoms with Crippen LogP contribution < -0.4 is 10.6 Å². The Morgan fingerprint density at radius 2 is 1.59 bits per heavy atom. The standard InChI is InChI=1S/C22H21N5O2/c23-20(28)17-7-4-8-18(15-17)22(29)27-13-11-26(12-14-27)19-9-10-24-21(25-19)16-5-2-1-3-6-16/h1-10,15H,11-14H2,(H2,23,28). The van der Waals surface area contributed by atoms with Gasteiger partial charge in [-0.1, -0.05) is 36.4 Å². The van der Waals surface area contributed by atoms with Crippen LogP contribution in [-0.4, -0.2) is 52.9 Å². The van der Waals surface area contributed by atoms with Gasteiger partial charge in [0.15, 0.2) is 5.82 Å². The van der Waals surface area contributed by atoms with E-state index < -0.39 is 5.91 Å². The van der Waals surface area contributed by atoms with Crippen LogP contribution >= 0.6 is 0 Å². The molecular formula is C22H21N5O2.